The van der Waals surface area contributed by atoms with Gasteiger partial charge in [-0.1, -0.05) is 31.3 Å². The van der Waals surface area contributed by atoms with E-state index in [0.29, 0.717) is 25.4 Å². The van der Waals surface area contributed by atoms with Crippen molar-refractivity contribution in [1.82, 2.24) is 10.2 Å². The molecule has 0 aromatic heterocycles. The Kier molecular flexibility index (Phi) is 6.95. The van der Waals surface area contributed by atoms with E-state index in [-0.39, 0.29) is 11.7 Å². The van der Waals surface area contributed by atoms with Gasteiger partial charge < -0.3 is 21.2 Å². The summed E-state index contributed by atoms with van der Waals surface area (Å²) in [5.41, 5.74) is 5.00. The Balaban J connectivity index is 2.58. The second-order valence-corrected chi connectivity index (χ2v) is 6.12. The average Bonchev–Trinajstić information content (AvgIpc) is 2.53. The third kappa shape index (κ3) is 4.33. The smallest absolute Gasteiger partial charge is 0.233 e. The molecule has 122 valence electrons. The number of rotatable bonds is 7. The van der Waals surface area contributed by atoms with Gasteiger partial charge in [0.25, 0.3) is 0 Å². The van der Waals surface area contributed by atoms with Crippen LogP contribution in [0.25, 0.3) is 0 Å². The molecule has 1 rings (SSSR count). The molecule has 1 aliphatic carbocycles. The minimum atomic E-state index is -0.818. The molecule has 6 nitrogen and oxygen atoms in total. The van der Waals surface area contributed by atoms with Crippen molar-refractivity contribution in [2.24, 2.45) is 16.3 Å². The molecule has 4 N–H and O–H groups in total. The quantitative estimate of drug-likeness (QED) is 0.288. The van der Waals surface area contributed by atoms with Crippen molar-refractivity contribution in [1.29, 1.82) is 0 Å². The molecular weight excluding hydrogens is 268 g/mol. The normalized spacial score (nSPS) is 20.3. The zero-order valence-electron chi connectivity index (χ0n) is 13.6. The first kappa shape index (κ1) is 17.8. The lowest BCUT2D eigenvalue weighted by atomic mass is 9.72. The highest BCUT2D eigenvalue weighted by Crippen LogP contribution is 2.36. The van der Waals surface area contributed by atoms with E-state index in [1.807, 2.05) is 0 Å². The van der Waals surface area contributed by atoms with Crippen molar-refractivity contribution in [2.45, 2.75) is 58.4 Å². The van der Waals surface area contributed by atoms with Crippen molar-refractivity contribution in [3.05, 3.63) is 0 Å². The van der Waals surface area contributed by atoms with E-state index in [1.165, 1.54) is 0 Å². The van der Waals surface area contributed by atoms with Gasteiger partial charge in [-0.15, -0.1) is 0 Å². The van der Waals surface area contributed by atoms with Crippen LogP contribution in [0.5, 0.6) is 0 Å². The largest absolute Gasteiger partial charge is 0.409 e. The first-order chi connectivity index (χ1) is 9.97. The second-order valence-electron chi connectivity index (χ2n) is 6.12. The minimum Gasteiger partial charge on any atom is -0.409 e. The second kappa shape index (κ2) is 8.22. The topological polar surface area (TPSA) is 91.0 Å². The molecule has 1 unspecified atom stereocenters. The van der Waals surface area contributed by atoms with Gasteiger partial charge in [-0.25, -0.2) is 0 Å². The zero-order valence-corrected chi connectivity index (χ0v) is 13.6. The summed E-state index contributed by atoms with van der Waals surface area (Å²) in [5, 5.41) is 15.1. The fourth-order valence-corrected chi connectivity index (χ4v) is 2.90. The molecular formula is C15H30N4O2. The van der Waals surface area contributed by atoms with Gasteiger partial charge in [0.2, 0.25) is 5.91 Å². The van der Waals surface area contributed by atoms with E-state index < -0.39 is 5.41 Å². The molecule has 1 aliphatic rings. The van der Waals surface area contributed by atoms with Crippen LogP contribution in [-0.4, -0.2) is 48.0 Å². The van der Waals surface area contributed by atoms with E-state index in [1.54, 1.807) is 0 Å². The number of carbonyl (C=O) groups is 1. The third-order valence-corrected chi connectivity index (χ3v) is 4.83. The van der Waals surface area contributed by atoms with Gasteiger partial charge in [0, 0.05) is 19.1 Å². The molecule has 1 amide bonds. The molecule has 0 heterocycles. The molecule has 6 heteroatoms. The number of hydrogen-bond acceptors (Lipinski definition) is 4. The average molecular weight is 298 g/mol. The van der Waals surface area contributed by atoms with Crippen LogP contribution in [0, 0.1) is 5.41 Å². The summed E-state index contributed by atoms with van der Waals surface area (Å²) < 4.78 is 0. The van der Waals surface area contributed by atoms with Crippen molar-refractivity contribution >= 4 is 11.7 Å². The maximum absolute atomic E-state index is 12.5. The van der Waals surface area contributed by atoms with Crippen LogP contribution < -0.4 is 11.1 Å². The number of nitrogens with two attached hydrogens (primary N) is 1. The third-order valence-electron chi connectivity index (χ3n) is 4.83. The maximum Gasteiger partial charge on any atom is 0.233 e. The van der Waals surface area contributed by atoms with Gasteiger partial charge in [0.15, 0.2) is 5.84 Å². The predicted molar refractivity (Wildman–Crippen MR) is 84.3 cm³/mol. The van der Waals surface area contributed by atoms with Crippen molar-refractivity contribution < 1.29 is 10.0 Å². The Morgan fingerprint density at radius 1 is 1.43 bits per heavy atom. The molecule has 1 fully saturated rings. The van der Waals surface area contributed by atoms with Crippen molar-refractivity contribution in [3.63, 3.8) is 0 Å². The van der Waals surface area contributed by atoms with E-state index in [9.17, 15) is 4.79 Å². The van der Waals surface area contributed by atoms with Crippen LogP contribution >= 0.6 is 0 Å². The lowest BCUT2D eigenvalue weighted by Gasteiger charge is -2.34. The highest BCUT2D eigenvalue weighted by Gasteiger charge is 2.43. The Morgan fingerprint density at radius 2 is 2.05 bits per heavy atom. The van der Waals surface area contributed by atoms with Crippen molar-refractivity contribution in [2.75, 3.05) is 20.1 Å². The SMILES string of the molecule is CCC(C)N(C)CCNC(=O)C1(C(N)=NO)CCCCC1. The summed E-state index contributed by atoms with van der Waals surface area (Å²) in [5.74, 6) is -0.0509. The molecule has 21 heavy (non-hydrogen) atoms. The molecule has 0 aromatic carbocycles. The van der Waals surface area contributed by atoms with Crippen LogP contribution in [0.3, 0.4) is 0 Å². The fourth-order valence-electron chi connectivity index (χ4n) is 2.90. The summed E-state index contributed by atoms with van der Waals surface area (Å²) in [6, 6.07) is 0.495. The van der Waals surface area contributed by atoms with E-state index >= 15 is 0 Å². The lowest BCUT2D eigenvalue weighted by molar-refractivity contribution is -0.129. The van der Waals surface area contributed by atoms with Gasteiger partial charge in [0.05, 0.1) is 0 Å². The molecule has 0 aliphatic heterocycles. The molecule has 0 bridgehead atoms. The summed E-state index contributed by atoms with van der Waals surface area (Å²) in [7, 11) is 2.06. The van der Waals surface area contributed by atoms with Gasteiger partial charge in [-0.05, 0) is 33.2 Å². The first-order valence-corrected chi connectivity index (χ1v) is 7.94. The van der Waals surface area contributed by atoms with Crippen LogP contribution in [0.1, 0.15) is 52.4 Å². The summed E-state index contributed by atoms with van der Waals surface area (Å²) in [6.07, 6.45) is 5.39. The molecule has 0 saturated heterocycles. The molecule has 0 radical (unpaired) electrons. The number of likely N-dealkylation sites (N-methyl/N-ethyl adjacent to an activating group) is 1. The van der Waals surface area contributed by atoms with Crippen molar-refractivity contribution in [3.8, 4) is 0 Å². The van der Waals surface area contributed by atoms with E-state index in [2.05, 4.69) is 36.3 Å². The minimum absolute atomic E-state index is 0.0509. The van der Waals surface area contributed by atoms with E-state index in [0.717, 1.165) is 32.2 Å². The van der Waals surface area contributed by atoms with Gasteiger partial charge in [-0.2, -0.15) is 0 Å². The van der Waals surface area contributed by atoms with Crippen LogP contribution in [-0.2, 0) is 4.79 Å². The lowest BCUT2D eigenvalue weighted by Crippen LogP contribution is -2.52. The molecule has 1 saturated carbocycles. The van der Waals surface area contributed by atoms with Gasteiger partial charge in [-0.3, -0.25) is 4.79 Å². The fraction of sp³-hybridized carbons (Fsp3) is 0.867. The number of oxime groups is 1. The van der Waals surface area contributed by atoms with E-state index in [4.69, 9.17) is 10.9 Å². The van der Waals surface area contributed by atoms with Gasteiger partial charge in [0.1, 0.15) is 5.41 Å². The van der Waals surface area contributed by atoms with Crippen LogP contribution in [0.15, 0.2) is 5.16 Å². The Labute approximate surface area is 127 Å². The number of amidine groups is 1. The van der Waals surface area contributed by atoms with Crippen LogP contribution in [0.4, 0.5) is 0 Å². The number of hydrogen-bond donors (Lipinski definition) is 3. The Bertz CT molecular complexity index is 365. The summed E-state index contributed by atoms with van der Waals surface area (Å²) >= 11 is 0. The molecule has 0 spiro atoms. The Hall–Kier alpha value is -1.30. The summed E-state index contributed by atoms with van der Waals surface area (Å²) in [6.45, 7) is 5.70. The number of nitrogens with zero attached hydrogens (tertiary/aromatic N) is 2. The standard InChI is InChI=1S/C15H30N4O2/c1-4-12(2)19(3)11-10-17-14(20)15(13(16)18-21)8-6-5-7-9-15/h12,21H,4-11H2,1-3H3,(H2,16,18)(H,17,20). The highest BCUT2D eigenvalue weighted by molar-refractivity contribution is 6.06. The Morgan fingerprint density at radius 3 is 2.57 bits per heavy atom. The zero-order chi connectivity index (χ0) is 15.9. The monoisotopic (exact) mass is 298 g/mol. The first-order valence-electron chi connectivity index (χ1n) is 7.94. The molecule has 1 atom stereocenters. The molecule has 0 aromatic rings. The van der Waals surface area contributed by atoms with Crippen LogP contribution in [0.2, 0.25) is 0 Å². The number of nitrogens with one attached hydrogen (secondary N) is 1. The summed E-state index contributed by atoms with van der Waals surface area (Å²) in [4.78, 5) is 14.8. The van der Waals surface area contributed by atoms with Gasteiger partial charge >= 0.3 is 0 Å². The number of amides is 1. The maximum atomic E-state index is 12.5. The highest BCUT2D eigenvalue weighted by atomic mass is 16.4. The number of carbonyl (C=O) groups excluding carboxylic acids is 1. The predicted octanol–water partition coefficient (Wildman–Crippen LogP) is 1.53.